The molecule has 3 aromatic rings. The van der Waals surface area contributed by atoms with E-state index in [1.54, 1.807) is 18.3 Å². The van der Waals surface area contributed by atoms with Crippen LogP contribution in [-0.2, 0) is 6.54 Å². The van der Waals surface area contributed by atoms with Gasteiger partial charge in [0.2, 0.25) is 0 Å². The van der Waals surface area contributed by atoms with Gasteiger partial charge in [-0.15, -0.1) is 0 Å². The summed E-state index contributed by atoms with van der Waals surface area (Å²) in [5.74, 6) is 1.45. The summed E-state index contributed by atoms with van der Waals surface area (Å²) in [6, 6.07) is 17.1. The van der Waals surface area contributed by atoms with Crippen LogP contribution in [-0.4, -0.2) is 6.21 Å². The van der Waals surface area contributed by atoms with Crippen LogP contribution in [0, 0.1) is 0 Å². The van der Waals surface area contributed by atoms with Crippen molar-refractivity contribution in [3.05, 3.63) is 80.4 Å². The molecule has 0 fully saturated rings. The highest BCUT2D eigenvalue weighted by Crippen LogP contribution is 2.24. The van der Waals surface area contributed by atoms with Gasteiger partial charge in [0, 0.05) is 25.6 Å². The second kappa shape index (κ2) is 7.88. The summed E-state index contributed by atoms with van der Waals surface area (Å²) in [5.41, 5.74) is 4.74. The summed E-state index contributed by atoms with van der Waals surface area (Å²) < 4.78 is 6.78. The van der Waals surface area contributed by atoms with Crippen molar-refractivity contribution in [1.82, 2.24) is 5.43 Å². The van der Waals surface area contributed by atoms with E-state index in [1.165, 1.54) is 0 Å². The van der Waals surface area contributed by atoms with Gasteiger partial charge >= 0.3 is 0 Å². The molecule has 1 aromatic heterocycles. The van der Waals surface area contributed by atoms with E-state index >= 15 is 0 Å². The Bertz CT molecular complexity index is 839. The highest BCUT2D eigenvalue weighted by atomic mass is 79.9. The third-order valence-corrected chi connectivity index (χ3v) is 4.59. The number of benzene rings is 2. The first kappa shape index (κ1) is 17.1. The molecule has 122 valence electrons. The maximum Gasteiger partial charge on any atom is 0.147 e. The van der Waals surface area contributed by atoms with Crippen molar-refractivity contribution in [3.8, 4) is 11.3 Å². The van der Waals surface area contributed by atoms with E-state index < -0.39 is 0 Å². The maximum atomic E-state index is 6.11. The minimum absolute atomic E-state index is 0.440. The Morgan fingerprint density at radius 1 is 1.00 bits per heavy atom. The third kappa shape index (κ3) is 4.20. The fourth-order valence-electron chi connectivity index (χ4n) is 2.13. The smallest absolute Gasteiger partial charge is 0.147 e. The Kier molecular flexibility index (Phi) is 5.61. The van der Waals surface area contributed by atoms with Gasteiger partial charge in [-0.1, -0.05) is 57.3 Å². The van der Waals surface area contributed by atoms with Gasteiger partial charge in [0.1, 0.15) is 11.5 Å². The largest absolute Gasteiger partial charge is 0.455 e. The van der Waals surface area contributed by atoms with Gasteiger partial charge in [0.15, 0.2) is 0 Å². The molecule has 0 atom stereocenters. The molecule has 1 heterocycles. The number of nitrogens with zero attached hydrogens (tertiary/aromatic N) is 1. The second-order valence-electron chi connectivity index (χ2n) is 5.00. The monoisotopic (exact) mass is 422 g/mol. The molecule has 0 amide bonds. The Morgan fingerprint density at radius 3 is 2.42 bits per heavy atom. The fraction of sp³-hybridized carbons (Fsp3) is 0.0556. The van der Waals surface area contributed by atoms with Gasteiger partial charge < -0.3 is 9.84 Å². The molecule has 0 spiro atoms. The Morgan fingerprint density at radius 2 is 1.71 bits per heavy atom. The van der Waals surface area contributed by atoms with Crippen molar-refractivity contribution < 1.29 is 4.42 Å². The summed E-state index contributed by atoms with van der Waals surface area (Å²) in [7, 11) is 0. The zero-order valence-electron chi connectivity index (χ0n) is 12.5. The summed E-state index contributed by atoms with van der Waals surface area (Å²) in [6.45, 7) is 0.440. The number of rotatable bonds is 5. The van der Waals surface area contributed by atoms with Crippen LogP contribution in [0.2, 0.25) is 10.0 Å². The first-order chi connectivity index (χ1) is 11.6. The zero-order chi connectivity index (χ0) is 16.9. The lowest BCUT2D eigenvalue weighted by atomic mass is 10.2. The predicted octanol–water partition coefficient (Wildman–Crippen LogP) is 6.14. The molecule has 3 nitrogen and oxygen atoms in total. The van der Waals surface area contributed by atoms with E-state index in [4.69, 9.17) is 27.6 Å². The van der Waals surface area contributed by atoms with Crippen molar-refractivity contribution in [1.29, 1.82) is 0 Å². The molecule has 0 saturated carbocycles. The van der Waals surface area contributed by atoms with Crippen LogP contribution in [0.1, 0.15) is 11.3 Å². The Hall–Kier alpha value is -1.75. The topological polar surface area (TPSA) is 37.5 Å². The van der Waals surface area contributed by atoms with E-state index in [0.29, 0.717) is 22.4 Å². The minimum atomic E-state index is 0.440. The van der Waals surface area contributed by atoms with Crippen molar-refractivity contribution in [2.24, 2.45) is 5.10 Å². The first-order valence-corrected chi connectivity index (χ1v) is 8.73. The molecule has 1 N–H and O–H groups in total. The molecule has 3 rings (SSSR count). The summed E-state index contributed by atoms with van der Waals surface area (Å²) in [6.07, 6.45) is 1.62. The SMILES string of the molecule is Clc1cccc(Cl)c1CN/N=C\c1ccc(-c2ccc(Br)cc2)o1. The highest BCUT2D eigenvalue weighted by molar-refractivity contribution is 9.10. The van der Waals surface area contributed by atoms with E-state index in [9.17, 15) is 0 Å². The summed E-state index contributed by atoms with van der Waals surface area (Å²) >= 11 is 15.6. The van der Waals surface area contributed by atoms with Crippen molar-refractivity contribution >= 4 is 45.3 Å². The number of hydrogen-bond donors (Lipinski definition) is 1. The second-order valence-corrected chi connectivity index (χ2v) is 6.73. The van der Waals surface area contributed by atoms with Gasteiger partial charge in [-0.2, -0.15) is 5.10 Å². The van der Waals surface area contributed by atoms with Crippen LogP contribution in [0.15, 0.2) is 68.6 Å². The molecule has 24 heavy (non-hydrogen) atoms. The third-order valence-electron chi connectivity index (χ3n) is 3.36. The lowest BCUT2D eigenvalue weighted by molar-refractivity contribution is 0.573. The molecular weight excluding hydrogens is 411 g/mol. The summed E-state index contributed by atoms with van der Waals surface area (Å²) in [5, 5.41) is 5.37. The molecule has 0 aliphatic carbocycles. The van der Waals surface area contributed by atoms with E-state index in [0.717, 1.165) is 21.4 Å². The molecule has 0 bridgehead atoms. The molecular formula is C18H13BrCl2N2O. The molecule has 6 heteroatoms. The van der Waals surface area contributed by atoms with Crippen LogP contribution in [0.5, 0.6) is 0 Å². The van der Waals surface area contributed by atoms with E-state index in [2.05, 4.69) is 26.5 Å². The average Bonchev–Trinajstić information content (AvgIpc) is 3.03. The molecule has 2 aromatic carbocycles. The molecule has 0 aliphatic rings. The van der Waals surface area contributed by atoms with Gasteiger partial charge in [0.05, 0.1) is 12.8 Å². The molecule has 0 aliphatic heterocycles. The first-order valence-electron chi connectivity index (χ1n) is 7.18. The van der Waals surface area contributed by atoms with Crippen LogP contribution in [0.25, 0.3) is 11.3 Å². The van der Waals surface area contributed by atoms with Crippen LogP contribution >= 0.6 is 39.1 Å². The van der Waals surface area contributed by atoms with Gasteiger partial charge in [0.25, 0.3) is 0 Å². The van der Waals surface area contributed by atoms with Gasteiger partial charge in [-0.05, 0) is 36.4 Å². The van der Waals surface area contributed by atoms with E-state index in [1.807, 2.05) is 42.5 Å². The van der Waals surface area contributed by atoms with Crippen molar-refractivity contribution in [3.63, 3.8) is 0 Å². The quantitative estimate of drug-likeness (QED) is 0.395. The zero-order valence-corrected chi connectivity index (χ0v) is 15.6. The predicted molar refractivity (Wildman–Crippen MR) is 103 cm³/mol. The number of hydrazone groups is 1. The van der Waals surface area contributed by atoms with Gasteiger partial charge in [-0.3, -0.25) is 0 Å². The van der Waals surface area contributed by atoms with Crippen molar-refractivity contribution in [2.45, 2.75) is 6.54 Å². The molecule has 0 radical (unpaired) electrons. The lowest BCUT2D eigenvalue weighted by Crippen LogP contribution is -2.06. The Labute approximate surface area is 158 Å². The standard InChI is InChI=1S/C18H13BrCl2N2O/c19-13-6-4-12(5-7-13)18-9-8-14(24-18)10-22-23-11-15-16(20)2-1-3-17(15)21/h1-10,23H,11H2/b22-10-. The number of furan rings is 1. The number of hydrogen-bond acceptors (Lipinski definition) is 3. The average molecular weight is 424 g/mol. The van der Waals surface area contributed by atoms with Crippen molar-refractivity contribution in [2.75, 3.05) is 0 Å². The molecule has 0 saturated heterocycles. The molecule has 0 unspecified atom stereocenters. The van der Waals surface area contributed by atoms with E-state index in [-0.39, 0.29) is 0 Å². The maximum absolute atomic E-state index is 6.11. The number of halogens is 3. The minimum Gasteiger partial charge on any atom is -0.455 e. The normalized spacial score (nSPS) is 11.1. The Balaban J connectivity index is 1.62. The lowest BCUT2D eigenvalue weighted by Gasteiger charge is -2.05. The highest BCUT2D eigenvalue weighted by Gasteiger charge is 2.05. The number of nitrogens with one attached hydrogen (secondary N) is 1. The summed E-state index contributed by atoms with van der Waals surface area (Å²) in [4.78, 5) is 0. The van der Waals surface area contributed by atoms with Crippen LogP contribution in [0.3, 0.4) is 0 Å². The fourth-order valence-corrected chi connectivity index (χ4v) is 2.92. The van der Waals surface area contributed by atoms with Gasteiger partial charge in [-0.25, -0.2) is 0 Å². The van der Waals surface area contributed by atoms with Crippen LogP contribution < -0.4 is 5.43 Å². The van der Waals surface area contributed by atoms with Crippen LogP contribution in [0.4, 0.5) is 0 Å².